The van der Waals surface area contributed by atoms with Crippen LogP contribution in [-0.2, 0) is 0 Å². The first-order valence-corrected chi connectivity index (χ1v) is 21.1. The summed E-state index contributed by atoms with van der Waals surface area (Å²) in [6.45, 7) is 0. The highest BCUT2D eigenvalue weighted by molar-refractivity contribution is 6.12. The lowest BCUT2D eigenvalue weighted by molar-refractivity contribution is 1.18. The summed E-state index contributed by atoms with van der Waals surface area (Å²) in [5, 5.41) is 4.92. The van der Waals surface area contributed by atoms with Crippen molar-refractivity contribution in [1.29, 1.82) is 0 Å². The topological polar surface area (TPSA) is 35.6 Å². The fraction of sp³-hybridized carbons (Fsp3) is 0. The van der Waals surface area contributed by atoms with Crippen molar-refractivity contribution in [2.24, 2.45) is 0 Å². The Labute approximate surface area is 359 Å². The molecule has 62 heavy (non-hydrogen) atoms. The molecule has 0 aliphatic heterocycles. The van der Waals surface area contributed by atoms with Crippen LogP contribution in [0.25, 0.3) is 111 Å². The highest BCUT2D eigenvalue weighted by atomic mass is 15.0. The van der Waals surface area contributed by atoms with Crippen molar-refractivity contribution in [3.63, 3.8) is 0 Å². The number of para-hydroxylation sites is 3. The summed E-state index contributed by atoms with van der Waals surface area (Å²) in [5.41, 5.74) is 16.6. The first-order valence-electron chi connectivity index (χ1n) is 21.1. The summed E-state index contributed by atoms with van der Waals surface area (Å²) in [7, 11) is 0. The predicted molar refractivity (Wildman–Crippen MR) is 258 cm³/mol. The van der Waals surface area contributed by atoms with Gasteiger partial charge in [-0.15, -0.1) is 0 Å². The van der Waals surface area contributed by atoms with Crippen molar-refractivity contribution < 1.29 is 0 Å². The van der Waals surface area contributed by atoms with Crippen LogP contribution >= 0.6 is 0 Å². The van der Waals surface area contributed by atoms with Crippen LogP contribution < -0.4 is 0 Å². The first-order chi connectivity index (χ1) is 30.7. The predicted octanol–water partition coefficient (Wildman–Crippen LogP) is 15.0. The molecule has 0 atom stereocenters. The minimum absolute atomic E-state index is 0.710. The summed E-state index contributed by atoms with van der Waals surface area (Å²) in [6, 6.07) is 82.2. The molecule has 0 saturated carbocycles. The van der Waals surface area contributed by atoms with Crippen molar-refractivity contribution in [1.82, 2.24) is 19.1 Å². The number of hydrogen-bond acceptors (Lipinski definition) is 2. The van der Waals surface area contributed by atoms with Crippen LogP contribution in [0.1, 0.15) is 0 Å². The quantitative estimate of drug-likeness (QED) is 0.161. The summed E-state index contributed by atoms with van der Waals surface area (Å²) >= 11 is 0. The van der Waals surface area contributed by atoms with Crippen LogP contribution in [0.15, 0.2) is 231 Å². The molecule has 4 heteroatoms. The molecule has 0 bridgehead atoms. The van der Waals surface area contributed by atoms with Gasteiger partial charge in [0.25, 0.3) is 0 Å². The maximum absolute atomic E-state index is 5.12. The van der Waals surface area contributed by atoms with Gasteiger partial charge in [-0.2, -0.15) is 0 Å². The average Bonchev–Trinajstić information content (AvgIpc) is 3.87. The second-order valence-electron chi connectivity index (χ2n) is 15.8. The molecule has 0 saturated heterocycles. The van der Waals surface area contributed by atoms with Crippen LogP contribution in [0.3, 0.4) is 0 Å². The monoisotopic (exact) mass is 790 g/mol. The van der Waals surface area contributed by atoms with E-state index in [4.69, 9.17) is 9.97 Å². The lowest BCUT2D eigenvalue weighted by atomic mass is 9.99. The zero-order chi connectivity index (χ0) is 41.0. The van der Waals surface area contributed by atoms with E-state index in [9.17, 15) is 0 Å². The molecule has 0 spiro atoms. The zero-order valence-electron chi connectivity index (χ0n) is 33.7. The molecule has 12 aromatic rings. The van der Waals surface area contributed by atoms with Crippen LogP contribution in [-0.4, -0.2) is 19.1 Å². The third-order valence-corrected chi connectivity index (χ3v) is 12.1. The van der Waals surface area contributed by atoms with Gasteiger partial charge < -0.3 is 9.13 Å². The molecule has 0 aliphatic rings. The van der Waals surface area contributed by atoms with Crippen molar-refractivity contribution >= 4 is 43.6 Å². The Morgan fingerprint density at radius 1 is 0.242 bits per heavy atom. The zero-order valence-corrected chi connectivity index (χ0v) is 33.7. The molecule has 9 aromatic carbocycles. The smallest absolute Gasteiger partial charge is 0.160 e. The largest absolute Gasteiger partial charge is 0.309 e. The second-order valence-corrected chi connectivity index (χ2v) is 15.8. The fourth-order valence-electron chi connectivity index (χ4n) is 9.19. The van der Waals surface area contributed by atoms with Crippen LogP contribution in [0, 0.1) is 0 Å². The van der Waals surface area contributed by atoms with E-state index in [-0.39, 0.29) is 0 Å². The normalized spacial score (nSPS) is 11.5. The van der Waals surface area contributed by atoms with Crippen LogP contribution in [0.5, 0.6) is 0 Å². The molecular weight excluding hydrogens is 753 g/mol. The second kappa shape index (κ2) is 14.7. The van der Waals surface area contributed by atoms with Gasteiger partial charge in [0.15, 0.2) is 5.82 Å². The number of hydrogen-bond donors (Lipinski definition) is 0. The molecule has 4 nitrogen and oxygen atoms in total. The van der Waals surface area contributed by atoms with E-state index in [1.165, 1.54) is 54.7 Å². The van der Waals surface area contributed by atoms with Gasteiger partial charge in [-0.25, -0.2) is 9.97 Å². The molecule has 3 heterocycles. The lowest BCUT2D eigenvalue weighted by Crippen LogP contribution is -1.96. The average molecular weight is 791 g/mol. The molecular formula is C58H38N4. The third-order valence-electron chi connectivity index (χ3n) is 12.1. The first kappa shape index (κ1) is 35.6. The Kier molecular flexibility index (Phi) is 8.46. The van der Waals surface area contributed by atoms with E-state index in [1.54, 1.807) is 0 Å². The van der Waals surface area contributed by atoms with Gasteiger partial charge in [0, 0.05) is 49.6 Å². The maximum atomic E-state index is 5.12. The number of aromatic nitrogens is 4. The SMILES string of the molecule is c1ccc(-c2cc(-c3cccc(-c4ccc5c(c4)c4ccccc4n5-c4cccc(-c5ccc6c(c5)c5ccccc5n6-c5ccccc5)c4)c3)nc(-c3ccccc3)n2)cc1. The van der Waals surface area contributed by atoms with Gasteiger partial charge in [-0.3, -0.25) is 0 Å². The van der Waals surface area contributed by atoms with E-state index in [0.29, 0.717) is 5.82 Å². The van der Waals surface area contributed by atoms with Gasteiger partial charge >= 0.3 is 0 Å². The summed E-state index contributed by atoms with van der Waals surface area (Å²) in [5.74, 6) is 0.710. The molecule has 0 unspecified atom stereocenters. The summed E-state index contributed by atoms with van der Waals surface area (Å²) in [6.07, 6.45) is 0. The fourth-order valence-corrected chi connectivity index (χ4v) is 9.19. The molecule has 12 rings (SSSR count). The molecule has 290 valence electrons. The third kappa shape index (κ3) is 6.08. The Morgan fingerprint density at radius 2 is 0.661 bits per heavy atom. The van der Waals surface area contributed by atoms with Crippen molar-refractivity contribution in [3.8, 4) is 67.5 Å². The van der Waals surface area contributed by atoms with E-state index in [2.05, 4.69) is 215 Å². The highest BCUT2D eigenvalue weighted by Gasteiger charge is 2.17. The molecule has 0 aliphatic carbocycles. The lowest BCUT2D eigenvalue weighted by Gasteiger charge is -2.12. The molecule has 3 aromatic heterocycles. The Morgan fingerprint density at radius 3 is 1.29 bits per heavy atom. The number of benzene rings is 9. The van der Waals surface area contributed by atoms with E-state index < -0.39 is 0 Å². The summed E-state index contributed by atoms with van der Waals surface area (Å²) in [4.78, 5) is 10.1. The standard InChI is InChI=1S/C58H38N4/c1-4-16-39(17-5-1)52-38-53(60-58(59-52)40-18-6-2-7-19-40)45-22-14-20-41(34-45)43-30-33-57-51(36-43)49-27-11-13-29-55(49)62(57)47-25-15-21-42(35-47)44-31-32-56-50(37-44)48-26-10-12-28-54(48)61(56)46-23-8-3-9-24-46/h1-38H. The van der Waals surface area contributed by atoms with E-state index in [1.807, 2.05) is 24.3 Å². The van der Waals surface area contributed by atoms with Crippen LogP contribution in [0.2, 0.25) is 0 Å². The van der Waals surface area contributed by atoms with Crippen molar-refractivity contribution in [2.45, 2.75) is 0 Å². The number of nitrogens with zero attached hydrogens (tertiary/aromatic N) is 4. The Hall–Kier alpha value is -8.34. The van der Waals surface area contributed by atoms with Crippen molar-refractivity contribution in [3.05, 3.63) is 231 Å². The van der Waals surface area contributed by atoms with E-state index >= 15 is 0 Å². The van der Waals surface area contributed by atoms with Gasteiger partial charge in [0.05, 0.1) is 33.5 Å². The van der Waals surface area contributed by atoms with Gasteiger partial charge in [-0.1, -0.05) is 158 Å². The molecule has 0 N–H and O–H groups in total. The molecule has 0 radical (unpaired) electrons. The summed E-state index contributed by atoms with van der Waals surface area (Å²) < 4.78 is 4.78. The maximum Gasteiger partial charge on any atom is 0.160 e. The number of fused-ring (bicyclic) bond motifs is 6. The Balaban J connectivity index is 0.946. The molecule has 0 amide bonds. The molecule has 0 fully saturated rings. The Bertz CT molecular complexity index is 3560. The number of rotatable bonds is 7. The van der Waals surface area contributed by atoms with Crippen LogP contribution in [0.4, 0.5) is 0 Å². The van der Waals surface area contributed by atoms with Gasteiger partial charge in [0.1, 0.15) is 0 Å². The minimum atomic E-state index is 0.710. The van der Waals surface area contributed by atoms with Gasteiger partial charge in [0.2, 0.25) is 0 Å². The van der Waals surface area contributed by atoms with Crippen molar-refractivity contribution in [2.75, 3.05) is 0 Å². The van der Waals surface area contributed by atoms with E-state index in [0.717, 1.165) is 50.6 Å². The highest BCUT2D eigenvalue weighted by Crippen LogP contribution is 2.39. The van der Waals surface area contributed by atoms with Gasteiger partial charge in [-0.05, 0) is 95.1 Å². The minimum Gasteiger partial charge on any atom is -0.309 e.